The van der Waals surface area contributed by atoms with E-state index in [-0.39, 0.29) is 6.04 Å². The Hall–Kier alpha value is -1.02. The van der Waals surface area contributed by atoms with Crippen molar-refractivity contribution in [2.24, 2.45) is 0 Å². The molecule has 100 valence electrons. The van der Waals surface area contributed by atoms with Gasteiger partial charge in [-0.2, -0.15) is 0 Å². The summed E-state index contributed by atoms with van der Waals surface area (Å²) in [6.07, 6.45) is 0. The van der Waals surface area contributed by atoms with Crippen molar-refractivity contribution in [1.82, 2.24) is 5.32 Å². The second-order valence-corrected chi connectivity index (χ2v) is 5.36. The Morgan fingerprint density at radius 1 is 1.05 bits per heavy atom. The van der Waals surface area contributed by atoms with Crippen LogP contribution >= 0.6 is 23.2 Å². The Morgan fingerprint density at radius 3 is 2.42 bits per heavy atom. The molecule has 2 rings (SSSR count). The molecular formula is C16H17Cl2N. The lowest BCUT2D eigenvalue weighted by atomic mass is 9.95. The minimum absolute atomic E-state index is 0.0935. The molecular weight excluding hydrogens is 277 g/mol. The predicted molar refractivity (Wildman–Crippen MR) is 83.2 cm³/mol. The molecule has 1 nitrogen and oxygen atoms in total. The van der Waals surface area contributed by atoms with Crippen LogP contribution in [0, 0.1) is 6.92 Å². The molecule has 19 heavy (non-hydrogen) atoms. The summed E-state index contributed by atoms with van der Waals surface area (Å²) in [5, 5.41) is 4.85. The zero-order chi connectivity index (χ0) is 13.8. The number of hydrogen-bond donors (Lipinski definition) is 1. The summed E-state index contributed by atoms with van der Waals surface area (Å²) in [5.41, 5.74) is 3.55. The maximum absolute atomic E-state index is 6.34. The Labute approximate surface area is 124 Å². The van der Waals surface area contributed by atoms with Gasteiger partial charge in [0.05, 0.1) is 6.04 Å². The second kappa shape index (κ2) is 6.42. The molecule has 0 radical (unpaired) electrons. The molecule has 0 aromatic heterocycles. The summed E-state index contributed by atoms with van der Waals surface area (Å²) < 4.78 is 0. The summed E-state index contributed by atoms with van der Waals surface area (Å²) in [7, 11) is 0. The van der Waals surface area contributed by atoms with Crippen molar-refractivity contribution in [2.75, 3.05) is 6.54 Å². The average molecular weight is 294 g/mol. The van der Waals surface area contributed by atoms with Gasteiger partial charge in [0.15, 0.2) is 0 Å². The van der Waals surface area contributed by atoms with E-state index < -0.39 is 0 Å². The fourth-order valence-electron chi connectivity index (χ4n) is 2.24. The van der Waals surface area contributed by atoms with Crippen molar-refractivity contribution in [3.05, 3.63) is 69.2 Å². The molecule has 0 bridgehead atoms. The van der Waals surface area contributed by atoms with Crippen molar-refractivity contribution in [2.45, 2.75) is 19.9 Å². The van der Waals surface area contributed by atoms with Crippen LogP contribution in [0.1, 0.15) is 29.7 Å². The van der Waals surface area contributed by atoms with Gasteiger partial charge >= 0.3 is 0 Å². The molecule has 0 amide bonds. The molecule has 0 saturated carbocycles. The van der Waals surface area contributed by atoms with Gasteiger partial charge in [-0.25, -0.2) is 0 Å². The minimum Gasteiger partial charge on any atom is -0.306 e. The van der Waals surface area contributed by atoms with E-state index in [0.29, 0.717) is 10.0 Å². The third-order valence-electron chi connectivity index (χ3n) is 3.18. The predicted octanol–water partition coefficient (Wildman–Crippen LogP) is 5.00. The maximum atomic E-state index is 6.34. The molecule has 0 aliphatic carbocycles. The van der Waals surface area contributed by atoms with E-state index in [0.717, 1.165) is 12.1 Å². The third kappa shape index (κ3) is 3.30. The molecule has 1 N–H and O–H groups in total. The number of rotatable bonds is 4. The van der Waals surface area contributed by atoms with Crippen LogP contribution in [0.5, 0.6) is 0 Å². The van der Waals surface area contributed by atoms with Gasteiger partial charge in [0.2, 0.25) is 0 Å². The van der Waals surface area contributed by atoms with Crippen molar-refractivity contribution >= 4 is 23.2 Å². The van der Waals surface area contributed by atoms with Crippen LogP contribution < -0.4 is 5.32 Å². The van der Waals surface area contributed by atoms with E-state index in [1.807, 2.05) is 18.2 Å². The number of aryl methyl sites for hydroxylation is 1. The first-order valence-electron chi connectivity index (χ1n) is 6.37. The van der Waals surface area contributed by atoms with Crippen molar-refractivity contribution in [1.29, 1.82) is 0 Å². The van der Waals surface area contributed by atoms with E-state index in [1.165, 1.54) is 11.1 Å². The van der Waals surface area contributed by atoms with E-state index in [4.69, 9.17) is 23.2 Å². The summed E-state index contributed by atoms with van der Waals surface area (Å²) in [6.45, 7) is 5.08. The average Bonchev–Trinajstić information content (AvgIpc) is 2.38. The summed E-state index contributed by atoms with van der Waals surface area (Å²) in [5.74, 6) is 0. The Kier molecular flexibility index (Phi) is 4.87. The quantitative estimate of drug-likeness (QED) is 0.836. The summed E-state index contributed by atoms with van der Waals surface area (Å²) >= 11 is 12.3. The highest BCUT2D eigenvalue weighted by molar-refractivity contribution is 6.35. The first-order chi connectivity index (χ1) is 9.13. The molecule has 0 heterocycles. The van der Waals surface area contributed by atoms with Crippen LogP contribution in [0.2, 0.25) is 10.0 Å². The second-order valence-electron chi connectivity index (χ2n) is 4.51. The monoisotopic (exact) mass is 293 g/mol. The SMILES string of the molecule is CCNC(c1ccccc1C)c1ccc(Cl)cc1Cl. The van der Waals surface area contributed by atoms with Gasteiger partial charge in [-0.05, 0) is 42.3 Å². The Balaban J connectivity index is 2.48. The van der Waals surface area contributed by atoms with E-state index in [1.54, 1.807) is 6.07 Å². The van der Waals surface area contributed by atoms with Crippen LogP contribution in [-0.2, 0) is 0 Å². The first-order valence-corrected chi connectivity index (χ1v) is 7.13. The lowest BCUT2D eigenvalue weighted by molar-refractivity contribution is 0.628. The number of benzene rings is 2. The Morgan fingerprint density at radius 2 is 1.79 bits per heavy atom. The molecule has 1 atom stereocenters. The first kappa shape index (κ1) is 14.4. The van der Waals surface area contributed by atoms with Crippen molar-refractivity contribution < 1.29 is 0 Å². The van der Waals surface area contributed by atoms with Gasteiger partial charge in [-0.3, -0.25) is 0 Å². The van der Waals surface area contributed by atoms with Gasteiger partial charge in [0.25, 0.3) is 0 Å². The maximum Gasteiger partial charge on any atom is 0.0594 e. The Bertz CT molecular complexity index is 566. The van der Waals surface area contributed by atoms with Gasteiger partial charge in [-0.15, -0.1) is 0 Å². The van der Waals surface area contributed by atoms with Crippen LogP contribution in [0.15, 0.2) is 42.5 Å². The van der Waals surface area contributed by atoms with Crippen LogP contribution in [0.3, 0.4) is 0 Å². The minimum atomic E-state index is 0.0935. The molecule has 0 aliphatic rings. The van der Waals surface area contributed by atoms with E-state index >= 15 is 0 Å². The zero-order valence-corrected chi connectivity index (χ0v) is 12.6. The zero-order valence-electron chi connectivity index (χ0n) is 11.1. The smallest absolute Gasteiger partial charge is 0.0594 e. The fraction of sp³-hybridized carbons (Fsp3) is 0.250. The van der Waals surface area contributed by atoms with Gasteiger partial charge in [0.1, 0.15) is 0 Å². The highest BCUT2D eigenvalue weighted by Gasteiger charge is 2.17. The summed E-state index contributed by atoms with van der Waals surface area (Å²) in [6, 6.07) is 14.1. The molecule has 0 fully saturated rings. The van der Waals surface area contributed by atoms with E-state index in [9.17, 15) is 0 Å². The summed E-state index contributed by atoms with van der Waals surface area (Å²) in [4.78, 5) is 0. The molecule has 2 aromatic carbocycles. The fourth-order valence-corrected chi connectivity index (χ4v) is 2.76. The van der Waals surface area contributed by atoms with E-state index in [2.05, 4.69) is 37.4 Å². The van der Waals surface area contributed by atoms with Crippen molar-refractivity contribution in [3.8, 4) is 0 Å². The molecule has 0 saturated heterocycles. The highest BCUT2D eigenvalue weighted by Crippen LogP contribution is 2.31. The molecule has 1 unspecified atom stereocenters. The van der Waals surface area contributed by atoms with Gasteiger partial charge < -0.3 is 5.32 Å². The highest BCUT2D eigenvalue weighted by atomic mass is 35.5. The lowest BCUT2D eigenvalue weighted by Gasteiger charge is -2.22. The van der Waals surface area contributed by atoms with Crippen LogP contribution in [0.25, 0.3) is 0 Å². The lowest BCUT2D eigenvalue weighted by Crippen LogP contribution is -2.23. The van der Waals surface area contributed by atoms with Gasteiger partial charge in [-0.1, -0.05) is 60.5 Å². The standard InChI is InChI=1S/C16H17Cl2N/c1-3-19-16(13-7-5-4-6-11(13)2)14-9-8-12(17)10-15(14)18/h4-10,16,19H,3H2,1-2H3. The molecule has 0 aliphatic heterocycles. The largest absolute Gasteiger partial charge is 0.306 e. The third-order valence-corrected chi connectivity index (χ3v) is 3.74. The molecule has 3 heteroatoms. The molecule has 0 spiro atoms. The normalized spacial score (nSPS) is 12.4. The van der Waals surface area contributed by atoms with Crippen LogP contribution in [-0.4, -0.2) is 6.54 Å². The number of nitrogens with one attached hydrogen (secondary N) is 1. The van der Waals surface area contributed by atoms with Crippen molar-refractivity contribution in [3.63, 3.8) is 0 Å². The van der Waals surface area contributed by atoms with Crippen LogP contribution in [0.4, 0.5) is 0 Å². The topological polar surface area (TPSA) is 12.0 Å². The number of halogens is 2. The van der Waals surface area contributed by atoms with Gasteiger partial charge in [0, 0.05) is 10.0 Å². The number of hydrogen-bond acceptors (Lipinski definition) is 1. The molecule has 2 aromatic rings.